The van der Waals surface area contributed by atoms with E-state index in [4.69, 9.17) is 21.1 Å². The zero-order chi connectivity index (χ0) is 33.2. The van der Waals surface area contributed by atoms with Crippen molar-refractivity contribution in [2.45, 2.75) is 4.90 Å². The first-order valence-corrected chi connectivity index (χ1v) is 16.4. The number of anilines is 2. The molecule has 1 heterocycles. The van der Waals surface area contributed by atoms with E-state index < -0.39 is 11.8 Å². The molecule has 0 saturated heterocycles. The predicted molar refractivity (Wildman–Crippen MR) is 188 cm³/mol. The molecule has 5 rings (SSSR count). The van der Waals surface area contributed by atoms with Crippen molar-refractivity contribution in [1.82, 2.24) is 10.3 Å². The summed E-state index contributed by atoms with van der Waals surface area (Å²) in [5.74, 6) is 0.0143. The van der Waals surface area contributed by atoms with Crippen LogP contribution in [-0.2, 0) is 9.59 Å². The number of aromatic nitrogens is 1. The zero-order valence-electron chi connectivity index (χ0n) is 25.3. The number of amides is 3. The highest BCUT2D eigenvalue weighted by atomic mass is 35.5. The minimum Gasteiger partial charge on any atom is -0.497 e. The summed E-state index contributed by atoms with van der Waals surface area (Å²) < 4.78 is 10.8. The second-order valence-electron chi connectivity index (χ2n) is 9.82. The molecule has 3 N–H and O–H groups in total. The summed E-state index contributed by atoms with van der Waals surface area (Å²) in [4.78, 5) is 44.4. The van der Waals surface area contributed by atoms with Crippen molar-refractivity contribution in [2.75, 3.05) is 30.6 Å². The lowest BCUT2D eigenvalue weighted by Gasteiger charge is -2.13. The van der Waals surface area contributed by atoms with Crippen LogP contribution in [0.2, 0.25) is 5.02 Å². The molecule has 0 spiro atoms. The number of methoxy groups -OCH3 is 2. The van der Waals surface area contributed by atoms with Crippen LogP contribution in [0.4, 0.5) is 10.8 Å². The molecule has 3 amide bonds. The molecule has 0 radical (unpaired) electrons. The smallest absolute Gasteiger partial charge is 0.272 e. The van der Waals surface area contributed by atoms with E-state index in [1.807, 2.05) is 23.6 Å². The number of carbonyl (C=O) groups is 3. The van der Waals surface area contributed by atoms with E-state index in [0.29, 0.717) is 44.2 Å². The van der Waals surface area contributed by atoms with E-state index in [-0.39, 0.29) is 17.4 Å². The van der Waals surface area contributed by atoms with Crippen LogP contribution in [0.15, 0.2) is 113 Å². The van der Waals surface area contributed by atoms with Crippen molar-refractivity contribution in [3.8, 4) is 22.8 Å². The lowest BCUT2D eigenvalue weighted by molar-refractivity contribution is -0.114. The predicted octanol–water partition coefficient (Wildman–Crippen LogP) is 7.62. The van der Waals surface area contributed by atoms with E-state index >= 15 is 0 Å². The Morgan fingerprint density at radius 3 is 2.36 bits per heavy atom. The SMILES string of the molecule is COc1ccc(OC)c(/C=C(\NC(=O)c2ccccc2)C(=O)Nc2ccc(SCC(=O)Nc3nc(-c4ccccc4Cl)cs3)cc2)c1. The van der Waals surface area contributed by atoms with Gasteiger partial charge in [-0.1, -0.05) is 48.0 Å². The van der Waals surface area contributed by atoms with Crippen LogP contribution in [-0.4, -0.2) is 42.7 Å². The van der Waals surface area contributed by atoms with Gasteiger partial charge in [-0.2, -0.15) is 0 Å². The first-order chi connectivity index (χ1) is 22.8. The highest BCUT2D eigenvalue weighted by Crippen LogP contribution is 2.31. The van der Waals surface area contributed by atoms with Gasteiger partial charge in [0.15, 0.2) is 5.13 Å². The van der Waals surface area contributed by atoms with Gasteiger partial charge in [0.2, 0.25) is 5.91 Å². The number of ether oxygens (including phenoxy) is 2. The summed E-state index contributed by atoms with van der Waals surface area (Å²) >= 11 is 8.93. The number of nitrogens with one attached hydrogen (secondary N) is 3. The number of halogens is 1. The Morgan fingerprint density at radius 1 is 0.894 bits per heavy atom. The van der Waals surface area contributed by atoms with E-state index in [1.54, 1.807) is 78.9 Å². The molecule has 238 valence electrons. The molecule has 4 aromatic carbocycles. The highest BCUT2D eigenvalue weighted by Gasteiger charge is 2.17. The summed E-state index contributed by atoms with van der Waals surface area (Å²) in [7, 11) is 3.05. The van der Waals surface area contributed by atoms with Crippen LogP contribution in [0.25, 0.3) is 17.3 Å². The Kier molecular flexibility index (Phi) is 11.3. The minimum absolute atomic E-state index is 0.000378. The van der Waals surface area contributed by atoms with Gasteiger partial charge in [0.1, 0.15) is 17.2 Å². The molecule has 47 heavy (non-hydrogen) atoms. The summed E-state index contributed by atoms with van der Waals surface area (Å²) in [5, 5.41) is 11.3. The van der Waals surface area contributed by atoms with E-state index in [2.05, 4.69) is 20.9 Å². The maximum atomic E-state index is 13.5. The molecule has 0 saturated carbocycles. The molecule has 0 atom stereocenters. The molecule has 0 fully saturated rings. The number of thiazole rings is 1. The molecule has 5 aromatic rings. The lowest BCUT2D eigenvalue weighted by Crippen LogP contribution is -2.30. The largest absolute Gasteiger partial charge is 0.497 e. The second-order valence-corrected chi connectivity index (χ2v) is 12.1. The van der Waals surface area contributed by atoms with E-state index in [1.165, 1.54) is 43.4 Å². The van der Waals surface area contributed by atoms with Crippen LogP contribution in [0, 0.1) is 0 Å². The Balaban J connectivity index is 1.23. The van der Waals surface area contributed by atoms with Gasteiger partial charge in [-0.3, -0.25) is 14.4 Å². The molecule has 0 bridgehead atoms. The number of rotatable bonds is 12. The number of benzene rings is 4. The molecule has 0 aliphatic rings. The van der Waals surface area contributed by atoms with Gasteiger partial charge >= 0.3 is 0 Å². The maximum absolute atomic E-state index is 13.5. The fourth-order valence-electron chi connectivity index (χ4n) is 4.31. The van der Waals surface area contributed by atoms with Gasteiger partial charge in [0.25, 0.3) is 11.8 Å². The fourth-order valence-corrected chi connectivity index (χ4v) is 5.97. The highest BCUT2D eigenvalue weighted by molar-refractivity contribution is 8.00. The van der Waals surface area contributed by atoms with Gasteiger partial charge in [0.05, 0.1) is 25.7 Å². The first-order valence-electron chi connectivity index (χ1n) is 14.2. The zero-order valence-corrected chi connectivity index (χ0v) is 27.7. The first kappa shape index (κ1) is 33.3. The Hall–Kier alpha value is -5.10. The molecule has 0 aliphatic carbocycles. The number of nitrogens with zero attached hydrogens (tertiary/aromatic N) is 1. The van der Waals surface area contributed by atoms with Crippen LogP contribution >= 0.6 is 34.7 Å². The molecular weight excluding hydrogens is 656 g/mol. The summed E-state index contributed by atoms with van der Waals surface area (Å²) in [6.45, 7) is 0. The van der Waals surface area contributed by atoms with Crippen molar-refractivity contribution < 1.29 is 23.9 Å². The summed E-state index contributed by atoms with van der Waals surface area (Å²) in [5.41, 5.74) is 2.92. The molecular formula is C35H29ClN4O5S2. The van der Waals surface area contributed by atoms with Gasteiger partial charge in [0, 0.05) is 37.7 Å². The Morgan fingerprint density at radius 2 is 1.64 bits per heavy atom. The van der Waals surface area contributed by atoms with Crippen LogP contribution < -0.4 is 25.4 Å². The van der Waals surface area contributed by atoms with E-state index in [0.717, 1.165) is 10.5 Å². The van der Waals surface area contributed by atoms with E-state index in [9.17, 15) is 14.4 Å². The normalized spacial score (nSPS) is 11.0. The standard InChI is InChI=1S/C35H29ClN4O5S2/c1-44-25-14-17-31(45-2)23(18-25)19-29(38-33(42)22-8-4-3-5-9-22)34(43)37-24-12-15-26(16-13-24)46-21-32(41)40-35-39-30(20-47-35)27-10-6-7-11-28(27)36/h3-20H,21H2,1-2H3,(H,37,43)(H,38,42)(H,39,40,41)/b29-19-. The number of carbonyl (C=O) groups excluding carboxylic acids is 3. The molecule has 9 nitrogen and oxygen atoms in total. The third kappa shape index (κ3) is 9.01. The summed E-state index contributed by atoms with van der Waals surface area (Å²) in [6.07, 6.45) is 1.53. The maximum Gasteiger partial charge on any atom is 0.272 e. The lowest BCUT2D eigenvalue weighted by atomic mass is 10.1. The summed E-state index contributed by atoms with van der Waals surface area (Å²) in [6, 6.07) is 28.2. The van der Waals surface area contributed by atoms with Crippen molar-refractivity contribution in [3.63, 3.8) is 0 Å². The van der Waals surface area contributed by atoms with Crippen LogP contribution in [0.5, 0.6) is 11.5 Å². The molecule has 12 heteroatoms. The topological polar surface area (TPSA) is 119 Å². The van der Waals surface area contributed by atoms with Gasteiger partial charge in [-0.05, 0) is 66.7 Å². The van der Waals surface area contributed by atoms with Crippen molar-refractivity contribution in [2.24, 2.45) is 0 Å². The second kappa shape index (κ2) is 15.9. The minimum atomic E-state index is -0.543. The van der Waals surface area contributed by atoms with Crippen LogP contribution in [0.3, 0.4) is 0 Å². The molecule has 0 aliphatic heterocycles. The van der Waals surface area contributed by atoms with Crippen LogP contribution in [0.1, 0.15) is 15.9 Å². The Labute approximate surface area is 285 Å². The van der Waals surface area contributed by atoms with Gasteiger partial charge in [-0.15, -0.1) is 23.1 Å². The third-order valence-electron chi connectivity index (χ3n) is 6.65. The average Bonchev–Trinajstić information content (AvgIpc) is 3.56. The van der Waals surface area contributed by atoms with Gasteiger partial charge in [-0.25, -0.2) is 4.98 Å². The quantitative estimate of drug-likeness (QED) is 0.0914. The number of hydrogen-bond acceptors (Lipinski definition) is 8. The number of thioether (sulfide) groups is 1. The Bertz CT molecular complexity index is 1910. The molecule has 1 aromatic heterocycles. The van der Waals surface area contributed by atoms with Gasteiger partial charge < -0.3 is 25.4 Å². The fraction of sp³-hybridized carbons (Fsp3) is 0.0857. The average molecular weight is 685 g/mol. The van der Waals surface area contributed by atoms with Crippen molar-refractivity contribution in [1.29, 1.82) is 0 Å². The monoisotopic (exact) mass is 684 g/mol. The van der Waals surface area contributed by atoms with Crippen molar-refractivity contribution >= 4 is 69.3 Å². The number of hydrogen-bond donors (Lipinski definition) is 3. The van der Waals surface area contributed by atoms with Crippen molar-refractivity contribution in [3.05, 3.63) is 124 Å². The molecule has 0 unspecified atom stereocenters. The third-order valence-corrected chi connectivity index (χ3v) is 8.75.